The van der Waals surface area contributed by atoms with Crippen molar-refractivity contribution in [1.82, 2.24) is 4.98 Å². The van der Waals surface area contributed by atoms with E-state index in [0.29, 0.717) is 25.3 Å². The van der Waals surface area contributed by atoms with Crippen LogP contribution in [0.4, 0.5) is 0 Å². The zero-order valence-electron chi connectivity index (χ0n) is 14.5. The van der Waals surface area contributed by atoms with Crippen molar-refractivity contribution in [3.05, 3.63) is 66.1 Å². The summed E-state index contributed by atoms with van der Waals surface area (Å²) in [4.78, 5) is 15.7. The smallest absolute Gasteiger partial charge is 0.306 e. The number of aromatic nitrogens is 1. The summed E-state index contributed by atoms with van der Waals surface area (Å²) in [6, 6.07) is 14.5. The van der Waals surface area contributed by atoms with Gasteiger partial charge in [0.05, 0.1) is 12.8 Å². The minimum atomic E-state index is -0.152. The summed E-state index contributed by atoms with van der Waals surface area (Å²) in [6.45, 7) is 4.34. The molecule has 25 heavy (non-hydrogen) atoms. The first kappa shape index (κ1) is 17.0. The molecule has 0 spiro atoms. The van der Waals surface area contributed by atoms with Gasteiger partial charge in [0.15, 0.2) is 0 Å². The number of rotatable bonds is 6. The summed E-state index contributed by atoms with van der Waals surface area (Å²) in [5, 5.41) is 0. The molecule has 1 aromatic heterocycles. The number of aryl methyl sites for hydroxylation is 2. The van der Waals surface area contributed by atoms with Gasteiger partial charge in [-0.25, -0.2) is 4.98 Å². The topological polar surface area (TPSA) is 52.3 Å². The molecule has 0 amide bonds. The molecule has 3 rings (SSSR count). The number of carbonyl (C=O) groups excluding carboxylic acids is 1. The van der Waals surface area contributed by atoms with Crippen LogP contribution in [0.2, 0.25) is 0 Å². The van der Waals surface area contributed by atoms with Crippen molar-refractivity contribution in [1.29, 1.82) is 0 Å². The highest BCUT2D eigenvalue weighted by Gasteiger charge is 2.08. The summed E-state index contributed by atoms with van der Waals surface area (Å²) in [5.41, 5.74) is 5.54. The first-order chi connectivity index (χ1) is 12.2. The Hall–Kier alpha value is -2.88. The molecule has 0 aliphatic rings. The van der Waals surface area contributed by atoms with Crippen LogP contribution >= 0.6 is 0 Å². The van der Waals surface area contributed by atoms with Gasteiger partial charge in [-0.15, -0.1) is 0 Å². The lowest BCUT2D eigenvalue weighted by Crippen LogP contribution is -2.05. The lowest BCUT2D eigenvalue weighted by molar-refractivity contribution is -0.143. The van der Waals surface area contributed by atoms with Crippen LogP contribution in [0.25, 0.3) is 22.6 Å². The highest BCUT2D eigenvalue weighted by molar-refractivity contribution is 5.73. The molecule has 0 aliphatic heterocycles. The number of hydrogen-bond acceptors (Lipinski definition) is 4. The predicted molar refractivity (Wildman–Crippen MR) is 97.1 cm³/mol. The molecule has 0 radical (unpaired) electrons. The maximum Gasteiger partial charge on any atom is 0.306 e. The van der Waals surface area contributed by atoms with Gasteiger partial charge in [0.25, 0.3) is 0 Å². The lowest BCUT2D eigenvalue weighted by Gasteiger charge is -2.09. The van der Waals surface area contributed by atoms with E-state index in [1.165, 1.54) is 5.56 Å². The van der Waals surface area contributed by atoms with E-state index in [1.54, 1.807) is 12.5 Å². The Labute approximate surface area is 147 Å². The van der Waals surface area contributed by atoms with Gasteiger partial charge < -0.3 is 9.15 Å². The lowest BCUT2D eigenvalue weighted by atomic mass is 9.96. The van der Waals surface area contributed by atoms with Crippen molar-refractivity contribution in [2.24, 2.45) is 0 Å². The van der Waals surface area contributed by atoms with Crippen molar-refractivity contribution in [3.63, 3.8) is 0 Å². The molecule has 0 atom stereocenters. The number of benzene rings is 2. The number of carbonyl (C=O) groups is 1. The Balaban J connectivity index is 1.78. The van der Waals surface area contributed by atoms with E-state index >= 15 is 0 Å². The molecular weight excluding hydrogens is 314 g/mol. The molecule has 4 heteroatoms. The van der Waals surface area contributed by atoms with Crippen molar-refractivity contribution in [2.45, 2.75) is 26.7 Å². The average molecular weight is 335 g/mol. The largest absolute Gasteiger partial charge is 0.466 e. The summed E-state index contributed by atoms with van der Waals surface area (Å²) < 4.78 is 10.4. The number of oxazole rings is 1. The first-order valence-corrected chi connectivity index (χ1v) is 8.43. The summed E-state index contributed by atoms with van der Waals surface area (Å²) in [5.74, 6) is 0.466. The first-order valence-electron chi connectivity index (χ1n) is 8.43. The molecule has 0 aliphatic carbocycles. The maximum atomic E-state index is 11.5. The van der Waals surface area contributed by atoms with E-state index in [9.17, 15) is 4.79 Å². The van der Waals surface area contributed by atoms with E-state index in [4.69, 9.17) is 9.15 Å². The highest BCUT2D eigenvalue weighted by atomic mass is 16.5. The van der Waals surface area contributed by atoms with Crippen LogP contribution in [0, 0.1) is 6.92 Å². The minimum Gasteiger partial charge on any atom is -0.466 e. The maximum absolute atomic E-state index is 11.5. The van der Waals surface area contributed by atoms with E-state index < -0.39 is 0 Å². The Morgan fingerprint density at radius 1 is 1.12 bits per heavy atom. The summed E-state index contributed by atoms with van der Waals surface area (Å²) in [6.07, 6.45) is 4.32. The molecule has 3 aromatic rings. The molecule has 0 fully saturated rings. The van der Waals surface area contributed by atoms with E-state index in [0.717, 1.165) is 22.3 Å². The summed E-state index contributed by atoms with van der Waals surface area (Å²) in [7, 11) is 0. The number of nitrogens with zero attached hydrogens (tertiary/aromatic N) is 1. The van der Waals surface area contributed by atoms with Gasteiger partial charge in [-0.1, -0.05) is 30.3 Å². The van der Waals surface area contributed by atoms with Gasteiger partial charge in [-0.2, -0.15) is 0 Å². The molecule has 0 bridgehead atoms. The second kappa shape index (κ2) is 7.79. The van der Waals surface area contributed by atoms with Crippen LogP contribution in [-0.2, 0) is 16.0 Å². The number of ether oxygens (including phenoxy) is 1. The Bertz CT molecular complexity index is 836. The van der Waals surface area contributed by atoms with Crippen molar-refractivity contribution < 1.29 is 13.9 Å². The average Bonchev–Trinajstić information content (AvgIpc) is 3.16. The van der Waals surface area contributed by atoms with Gasteiger partial charge in [0.2, 0.25) is 5.89 Å². The van der Waals surface area contributed by atoms with Gasteiger partial charge in [-0.3, -0.25) is 4.79 Å². The fourth-order valence-electron chi connectivity index (χ4n) is 2.76. The molecule has 0 saturated heterocycles. The Morgan fingerprint density at radius 3 is 2.56 bits per heavy atom. The van der Waals surface area contributed by atoms with Gasteiger partial charge >= 0.3 is 5.97 Å². The van der Waals surface area contributed by atoms with Crippen LogP contribution in [0.1, 0.15) is 24.5 Å². The zero-order chi connectivity index (χ0) is 17.6. The molecule has 1 heterocycles. The third-order valence-corrected chi connectivity index (χ3v) is 4.10. The Kier molecular flexibility index (Phi) is 5.29. The van der Waals surface area contributed by atoms with Crippen LogP contribution < -0.4 is 0 Å². The molecular formula is C21H21NO3. The predicted octanol–water partition coefficient (Wildman–Crippen LogP) is 4.81. The second-order valence-electron chi connectivity index (χ2n) is 5.87. The van der Waals surface area contributed by atoms with Crippen LogP contribution in [0.3, 0.4) is 0 Å². The molecule has 2 aromatic carbocycles. The molecule has 0 N–H and O–H groups in total. The molecule has 0 saturated carbocycles. The van der Waals surface area contributed by atoms with E-state index in [1.807, 2.05) is 13.0 Å². The fourth-order valence-corrected chi connectivity index (χ4v) is 2.76. The molecule has 128 valence electrons. The standard InChI is InChI=1S/C21H21NO3/c1-3-24-20(23)11-7-16-5-9-17(10-6-16)19-14-18(8-4-15(19)2)21-22-12-13-25-21/h4-6,8-10,12-14H,3,7,11H2,1-2H3. The minimum absolute atomic E-state index is 0.152. The van der Waals surface area contributed by atoms with Crippen LogP contribution in [0.5, 0.6) is 0 Å². The van der Waals surface area contributed by atoms with Crippen LogP contribution in [0.15, 0.2) is 59.3 Å². The number of hydrogen-bond donors (Lipinski definition) is 0. The van der Waals surface area contributed by atoms with Crippen molar-refractivity contribution in [2.75, 3.05) is 6.61 Å². The number of esters is 1. The van der Waals surface area contributed by atoms with Gasteiger partial charge in [0.1, 0.15) is 6.26 Å². The van der Waals surface area contributed by atoms with Crippen LogP contribution in [-0.4, -0.2) is 17.6 Å². The van der Waals surface area contributed by atoms with E-state index in [-0.39, 0.29) is 5.97 Å². The zero-order valence-corrected chi connectivity index (χ0v) is 14.5. The third-order valence-electron chi connectivity index (χ3n) is 4.10. The van der Waals surface area contributed by atoms with Crippen molar-refractivity contribution in [3.8, 4) is 22.6 Å². The van der Waals surface area contributed by atoms with Gasteiger partial charge in [0, 0.05) is 12.0 Å². The van der Waals surface area contributed by atoms with E-state index in [2.05, 4.69) is 48.3 Å². The molecule has 4 nitrogen and oxygen atoms in total. The third kappa shape index (κ3) is 4.15. The molecule has 0 unspecified atom stereocenters. The monoisotopic (exact) mass is 335 g/mol. The SMILES string of the molecule is CCOC(=O)CCc1ccc(-c2cc(-c3ncco3)ccc2C)cc1. The highest BCUT2D eigenvalue weighted by Crippen LogP contribution is 2.29. The fraction of sp³-hybridized carbons (Fsp3) is 0.238. The normalized spacial score (nSPS) is 10.6. The Morgan fingerprint density at radius 2 is 1.88 bits per heavy atom. The van der Waals surface area contributed by atoms with Crippen molar-refractivity contribution >= 4 is 5.97 Å². The summed E-state index contributed by atoms with van der Waals surface area (Å²) >= 11 is 0. The second-order valence-corrected chi connectivity index (χ2v) is 5.87. The quantitative estimate of drug-likeness (QED) is 0.606. The van der Waals surface area contributed by atoms with Gasteiger partial charge in [-0.05, 0) is 54.7 Å².